The number of esters is 1. The Morgan fingerprint density at radius 2 is 1.96 bits per heavy atom. The molecule has 4 saturated carbocycles. The van der Waals surface area contributed by atoms with Crippen molar-refractivity contribution in [3.05, 3.63) is 29.3 Å². The number of Topliss-reactive ketones (excluding diaryl/α,β-unsaturated/α-hetero) is 1. The van der Waals surface area contributed by atoms with E-state index in [1.807, 2.05) is 12.1 Å². The average molecular weight is 433 g/mol. The molecule has 1 aromatic carbocycles. The topological polar surface area (TPSA) is 52.6 Å². The smallest absolute Gasteiger partial charge is 0.306 e. The van der Waals surface area contributed by atoms with Gasteiger partial charge in [0, 0.05) is 16.3 Å². The Morgan fingerprint density at radius 1 is 1.19 bits per heavy atom. The van der Waals surface area contributed by atoms with Crippen LogP contribution in [-0.4, -0.2) is 29.3 Å². The summed E-state index contributed by atoms with van der Waals surface area (Å²) in [6.45, 7) is 0.502. The Morgan fingerprint density at radius 3 is 2.70 bits per heavy atom. The number of fused-ring (bicyclic) bond motifs is 1. The third-order valence-corrected chi connectivity index (χ3v) is 7.93. The van der Waals surface area contributed by atoms with Gasteiger partial charge in [-0.05, 0) is 79.5 Å². The highest BCUT2D eigenvalue weighted by atomic mass is 79.9. The Bertz CT molecular complexity index is 788. The van der Waals surface area contributed by atoms with Gasteiger partial charge in [0.1, 0.15) is 5.75 Å². The van der Waals surface area contributed by atoms with Crippen LogP contribution in [0.2, 0.25) is 0 Å². The van der Waals surface area contributed by atoms with Crippen LogP contribution in [0.15, 0.2) is 18.2 Å². The first-order chi connectivity index (χ1) is 12.9. The van der Waals surface area contributed by atoms with Crippen LogP contribution in [0.1, 0.15) is 60.9 Å². The van der Waals surface area contributed by atoms with E-state index in [0.717, 1.165) is 48.8 Å². The first-order valence-electron chi connectivity index (χ1n) is 10.1. The van der Waals surface area contributed by atoms with E-state index in [1.54, 1.807) is 6.07 Å². The van der Waals surface area contributed by atoms with E-state index in [9.17, 15) is 9.59 Å². The molecule has 2 unspecified atom stereocenters. The van der Waals surface area contributed by atoms with Crippen LogP contribution in [0.4, 0.5) is 0 Å². The Hall–Kier alpha value is -1.36. The van der Waals surface area contributed by atoms with E-state index in [-0.39, 0.29) is 28.1 Å². The van der Waals surface area contributed by atoms with E-state index in [4.69, 9.17) is 9.47 Å². The zero-order chi connectivity index (χ0) is 18.6. The van der Waals surface area contributed by atoms with E-state index < -0.39 is 0 Å². The third-order valence-electron chi connectivity index (χ3n) is 7.01. The molecule has 0 aromatic heterocycles. The van der Waals surface area contributed by atoms with Crippen LogP contribution >= 0.6 is 15.9 Å². The number of benzene rings is 1. The van der Waals surface area contributed by atoms with Crippen LogP contribution in [-0.2, 0) is 16.0 Å². The molecule has 4 fully saturated rings. The van der Waals surface area contributed by atoms with Gasteiger partial charge >= 0.3 is 5.97 Å². The highest BCUT2D eigenvalue weighted by molar-refractivity contribution is 9.10. The molecule has 5 heteroatoms. The molecule has 4 nitrogen and oxygen atoms in total. The van der Waals surface area contributed by atoms with Gasteiger partial charge in [-0.2, -0.15) is 0 Å². The fraction of sp³-hybridized carbons (Fsp3) is 0.636. The number of ether oxygens (including phenoxy) is 2. The Labute approximate surface area is 168 Å². The zero-order valence-electron chi connectivity index (χ0n) is 15.5. The number of alkyl halides is 1. The fourth-order valence-corrected chi connectivity index (χ4v) is 8.00. The second-order valence-corrected chi connectivity index (χ2v) is 11.0. The van der Waals surface area contributed by atoms with Crippen LogP contribution in [0.5, 0.6) is 5.75 Å². The van der Waals surface area contributed by atoms with Crippen LogP contribution in [0.25, 0.3) is 0 Å². The standard InChI is InChI=1S/C22H25BrO4/c23-22-9-14-5-15(10-22)8-21(7-14,13-22)11-20(25)27-12-18(24)16-1-2-19-17(6-16)3-4-26-19/h1-2,6,14-15H,3-5,7-13H2. The minimum Gasteiger partial charge on any atom is -0.493 e. The molecule has 4 bridgehead atoms. The maximum absolute atomic E-state index is 12.5. The van der Waals surface area contributed by atoms with Gasteiger partial charge in [-0.3, -0.25) is 9.59 Å². The molecule has 4 aliphatic carbocycles. The Kier molecular flexibility index (Phi) is 4.15. The van der Waals surface area contributed by atoms with E-state index in [2.05, 4.69) is 15.9 Å². The first-order valence-corrected chi connectivity index (χ1v) is 10.8. The molecular formula is C22H25BrO4. The number of hydrogen-bond donors (Lipinski definition) is 0. The summed E-state index contributed by atoms with van der Waals surface area (Å²) in [4.78, 5) is 25.0. The van der Waals surface area contributed by atoms with E-state index in [1.165, 1.54) is 19.3 Å². The number of halogens is 1. The molecule has 0 amide bonds. The number of ketones is 1. The van der Waals surface area contributed by atoms with Crippen molar-refractivity contribution in [3.63, 3.8) is 0 Å². The van der Waals surface area contributed by atoms with Gasteiger partial charge in [-0.25, -0.2) is 0 Å². The van der Waals surface area contributed by atoms with Gasteiger partial charge in [0.05, 0.1) is 13.0 Å². The van der Waals surface area contributed by atoms with Crippen LogP contribution < -0.4 is 4.74 Å². The summed E-state index contributed by atoms with van der Waals surface area (Å²) in [7, 11) is 0. The van der Waals surface area contributed by atoms with Gasteiger partial charge < -0.3 is 9.47 Å². The quantitative estimate of drug-likeness (QED) is 0.391. The van der Waals surface area contributed by atoms with Gasteiger partial charge in [-0.1, -0.05) is 15.9 Å². The predicted molar refractivity (Wildman–Crippen MR) is 104 cm³/mol. The predicted octanol–water partition coefficient (Wildman–Crippen LogP) is 4.47. The minimum absolute atomic E-state index is 0.0820. The molecule has 1 heterocycles. The molecule has 0 spiro atoms. The number of rotatable bonds is 5. The third kappa shape index (κ3) is 3.32. The van der Waals surface area contributed by atoms with Crippen molar-refractivity contribution in [1.29, 1.82) is 0 Å². The van der Waals surface area contributed by atoms with E-state index >= 15 is 0 Å². The largest absolute Gasteiger partial charge is 0.493 e. The summed E-state index contributed by atoms with van der Waals surface area (Å²) in [5.74, 6) is 1.99. The summed E-state index contributed by atoms with van der Waals surface area (Å²) < 4.78 is 11.1. The van der Waals surface area contributed by atoms with Gasteiger partial charge in [0.15, 0.2) is 12.4 Å². The molecule has 0 radical (unpaired) electrons. The second kappa shape index (κ2) is 6.33. The molecule has 1 aromatic rings. The summed E-state index contributed by atoms with van der Waals surface area (Å²) >= 11 is 3.98. The van der Waals surface area contributed by atoms with Crippen molar-refractivity contribution in [3.8, 4) is 5.75 Å². The molecule has 144 valence electrons. The second-order valence-electron chi connectivity index (χ2n) is 9.29. The number of hydrogen-bond acceptors (Lipinski definition) is 4. The van der Waals surface area contributed by atoms with Gasteiger partial charge in [0.25, 0.3) is 0 Å². The molecule has 0 saturated heterocycles. The van der Waals surface area contributed by atoms with Crippen molar-refractivity contribution < 1.29 is 19.1 Å². The molecular weight excluding hydrogens is 408 g/mol. The number of carbonyl (C=O) groups is 2. The maximum atomic E-state index is 12.5. The molecule has 0 N–H and O–H groups in total. The van der Waals surface area contributed by atoms with Crippen molar-refractivity contribution in [2.24, 2.45) is 17.3 Å². The molecule has 27 heavy (non-hydrogen) atoms. The van der Waals surface area contributed by atoms with Crippen molar-refractivity contribution in [2.75, 3.05) is 13.2 Å². The summed E-state index contributed by atoms with van der Waals surface area (Å²) in [6, 6.07) is 5.46. The maximum Gasteiger partial charge on any atom is 0.306 e. The van der Waals surface area contributed by atoms with Crippen LogP contribution in [0, 0.1) is 17.3 Å². The summed E-state index contributed by atoms with van der Waals surface area (Å²) in [5.41, 5.74) is 1.74. The van der Waals surface area contributed by atoms with Crippen molar-refractivity contribution in [2.45, 2.75) is 55.7 Å². The van der Waals surface area contributed by atoms with Gasteiger partial charge in [0.2, 0.25) is 0 Å². The monoisotopic (exact) mass is 432 g/mol. The lowest BCUT2D eigenvalue weighted by Crippen LogP contribution is -2.53. The lowest BCUT2D eigenvalue weighted by Gasteiger charge is -2.60. The minimum atomic E-state index is -0.217. The van der Waals surface area contributed by atoms with Crippen molar-refractivity contribution >= 4 is 27.7 Å². The number of carbonyl (C=O) groups excluding carboxylic acids is 2. The lowest BCUT2D eigenvalue weighted by molar-refractivity contribution is -0.149. The summed E-state index contributed by atoms with van der Waals surface area (Å²) in [5, 5.41) is 0. The highest BCUT2D eigenvalue weighted by Gasteiger charge is 2.57. The molecule has 2 atom stereocenters. The Balaban J connectivity index is 1.20. The van der Waals surface area contributed by atoms with Crippen LogP contribution in [0.3, 0.4) is 0 Å². The first kappa shape index (κ1) is 17.7. The normalized spacial score (nSPS) is 35.6. The van der Waals surface area contributed by atoms with E-state index in [0.29, 0.717) is 18.6 Å². The zero-order valence-corrected chi connectivity index (χ0v) is 17.1. The SMILES string of the molecule is O=C(CC12CC3CC(CC(Br)(C3)C1)C2)OCC(=O)c1ccc2c(c1)CCO2. The van der Waals surface area contributed by atoms with Gasteiger partial charge in [-0.15, -0.1) is 0 Å². The molecule has 5 aliphatic rings. The highest BCUT2D eigenvalue weighted by Crippen LogP contribution is 2.65. The molecule has 6 rings (SSSR count). The lowest BCUT2D eigenvalue weighted by atomic mass is 9.49. The average Bonchev–Trinajstić information content (AvgIpc) is 3.04. The summed E-state index contributed by atoms with van der Waals surface area (Å²) in [6.07, 6.45) is 8.47. The molecule has 1 aliphatic heterocycles. The fourth-order valence-electron chi connectivity index (χ4n) is 6.49. The van der Waals surface area contributed by atoms with Crippen molar-refractivity contribution in [1.82, 2.24) is 0 Å².